The number of nitrogens with one attached hydrogen (secondary N) is 2. The average molecular weight is 347 g/mol. The molecule has 7 nitrogen and oxygen atoms in total. The van der Waals surface area contributed by atoms with Crippen LogP contribution in [-0.2, 0) is 11.3 Å². The van der Waals surface area contributed by atoms with Crippen molar-refractivity contribution in [1.29, 1.82) is 0 Å². The van der Waals surface area contributed by atoms with Crippen LogP contribution in [0.1, 0.15) is 25.3 Å². The number of piperazine rings is 1. The van der Waals surface area contributed by atoms with Gasteiger partial charge in [0, 0.05) is 45.5 Å². The topological polar surface area (TPSA) is 69.7 Å². The maximum Gasteiger partial charge on any atom is 0.315 e. The molecule has 3 rings (SSSR count). The number of ether oxygens (including phenoxy) is 1. The number of aromatic nitrogens is 1. The van der Waals surface area contributed by atoms with E-state index in [2.05, 4.69) is 38.5 Å². The molecule has 7 heteroatoms. The summed E-state index contributed by atoms with van der Waals surface area (Å²) in [4.78, 5) is 21.2. The van der Waals surface area contributed by atoms with Crippen LogP contribution in [0.3, 0.4) is 0 Å². The highest BCUT2D eigenvalue weighted by molar-refractivity contribution is 5.74. The minimum Gasteiger partial charge on any atom is -0.376 e. The molecular weight excluding hydrogens is 318 g/mol. The third-order valence-electron chi connectivity index (χ3n) is 4.97. The minimum atomic E-state index is -0.152. The first kappa shape index (κ1) is 17.9. The van der Waals surface area contributed by atoms with Gasteiger partial charge >= 0.3 is 6.03 Å². The normalized spacial score (nSPS) is 22.6. The van der Waals surface area contributed by atoms with Crippen LogP contribution in [0.15, 0.2) is 18.3 Å². The Morgan fingerprint density at radius 2 is 2.20 bits per heavy atom. The third-order valence-corrected chi connectivity index (χ3v) is 4.97. The number of carbonyl (C=O) groups is 1. The lowest BCUT2D eigenvalue weighted by molar-refractivity contribution is 0.0860. The lowest BCUT2D eigenvalue weighted by Gasteiger charge is -2.33. The SMILES string of the molecule is C[C@@H](NC(=O)NCc1ccnc(N2CCN(C)CC2)c1)[C@@H]1CCCO1. The summed E-state index contributed by atoms with van der Waals surface area (Å²) in [5, 5.41) is 5.90. The van der Waals surface area contributed by atoms with Gasteiger partial charge in [0.2, 0.25) is 0 Å². The van der Waals surface area contributed by atoms with Crippen molar-refractivity contribution in [3.63, 3.8) is 0 Å². The number of rotatable bonds is 5. The van der Waals surface area contributed by atoms with Crippen LogP contribution in [0.25, 0.3) is 0 Å². The second kappa shape index (κ2) is 8.49. The molecule has 2 aliphatic heterocycles. The van der Waals surface area contributed by atoms with Crippen LogP contribution in [-0.4, -0.2) is 67.9 Å². The molecule has 0 bridgehead atoms. The van der Waals surface area contributed by atoms with Crippen LogP contribution in [0.5, 0.6) is 0 Å². The van der Waals surface area contributed by atoms with E-state index in [0.29, 0.717) is 6.54 Å². The van der Waals surface area contributed by atoms with Crippen molar-refractivity contribution in [3.05, 3.63) is 23.9 Å². The van der Waals surface area contributed by atoms with Crippen molar-refractivity contribution in [2.45, 2.75) is 38.5 Å². The predicted molar refractivity (Wildman–Crippen MR) is 97.8 cm³/mol. The summed E-state index contributed by atoms with van der Waals surface area (Å²) in [7, 11) is 2.14. The molecule has 138 valence electrons. The van der Waals surface area contributed by atoms with Gasteiger partial charge in [-0.05, 0) is 44.5 Å². The molecule has 0 aromatic carbocycles. The third kappa shape index (κ3) is 5.06. The van der Waals surface area contributed by atoms with Crippen molar-refractivity contribution in [2.75, 3.05) is 44.7 Å². The number of pyridine rings is 1. The van der Waals surface area contributed by atoms with Crippen molar-refractivity contribution in [1.82, 2.24) is 20.5 Å². The number of hydrogen-bond donors (Lipinski definition) is 2. The Bertz CT molecular complexity index is 568. The Labute approximate surface area is 149 Å². The van der Waals surface area contributed by atoms with Crippen LogP contribution in [0, 0.1) is 0 Å². The Kier molecular flexibility index (Phi) is 6.09. The molecule has 2 aliphatic rings. The molecule has 2 amide bonds. The standard InChI is InChI=1S/C18H29N5O2/c1-14(16-4-3-11-25-16)21-18(24)20-13-15-5-6-19-17(12-15)23-9-7-22(2)8-10-23/h5-6,12,14,16H,3-4,7-11,13H2,1-2H3,(H2,20,21,24)/t14-,16+/m1/s1. The molecule has 2 N–H and O–H groups in total. The zero-order valence-electron chi connectivity index (χ0n) is 15.2. The van der Waals surface area contributed by atoms with Gasteiger partial charge in [-0.1, -0.05) is 0 Å². The highest BCUT2D eigenvalue weighted by Gasteiger charge is 2.23. The van der Waals surface area contributed by atoms with Crippen molar-refractivity contribution in [2.24, 2.45) is 0 Å². The van der Waals surface area contributed by atoms with Crippen LogP contribution in [0.2, 0.25) is 0 Å². The van der Waals surface area contributed by atoms with Crippen molar-refractivity contribution in [3.8, 4) is 0 Å². The van der Waals surface area contributed by atoms with Gasteiger partial charge in [0.25, 0.3) is 0 Å². The molecule has 3 heterocycles. The average Bonchev–Trinajstić information content (AvgIpc) is 3.16. The molecule has 2 atom stereocenters. The van der Waals surface area contributed by atoms with Crippen molar-refractivity contribution < 1.29 is 9.53 Å². The van der Waals surface area contributed by atoms with Gasteiger partial charge in [-0.15, -0.1) is 0 Å². The fraction of sp³-hybridized carbons (Fsp3) is 0.667. The first-order valence-electron chi connectivity index (χ1n) is 9.16. The number of anilines is 1. The van der Waals surface area contributed by atoms with Gasteiger partial charge in [0.05, 0.1) is 12.1 Å². The maximum atomic E-state index is 12.1. The predicted octanol–water partition coefficient (Wildman–Crippen LogP) is 1.20. The zero-order valence-corrected chi connectivity index (χ0v) is 15.2. The van der Waals surface area contributed by atoms with E-state index in [1.807, 2.05) is 19.2 Å². The van der Waals surface area contributed by atoms with Gasteiger partial charge in [-0.2, -0.15) is 0 Å². The first-order chi connectivity index (χ1) is 12.1. The summed E-state index contributed by atoms with van der Waals surface area (Å²) in [6.07, 6.45) is 4.04. The van der Waals surface area contributed by atoms with Crippen molar-refractivity contribution >= 4 is 11.8 Å². The van der Waals surface area contributed by atoms with Gasteiger partial charge in [0.15, 0.2) is 0 Å². The summed E-state index contributed by atoms with van der Waals surface area (Å²) < 4.78 is 5.61. The molecule has 0 saturated carbocycles. The monoisotopic (exact) mass is 347 g/mol. The second-order valence-electron chi connectivity index (χ2n) is 6.98. The molecule has 0 spiro atoms. The summed E-state index contributed by atoms with van der Waals surface area (Å²) in [6.45, 7) is 7.35. The number of urea groups is 1. The van der Waals surface area contributed by atoms with Crippen LogP contribution in [0.4, 0.5) is 10.6 Å². The fourth-order valence-electron chi connectivity index (χ4n) is 3.31. The van der Waals surface area contributed by atoms with E-state index in [4.69, 9.17) is 4.74 Å². The van der Waals surface area contributed by atoms with E-state index < -0.39 is 0 Å². The summed E-state index contributed by atoms with van der Waals surface area (Å²) >= 11 is 0. The quantitative estimate of drug-likeness (QED) is 0.838. The van der Waals surface area contributed by atoms with E-state index in [0.717, 1.165) is 57.0 Å². The Hall–Kier alpha value is -1.86. The molecular formula is C18H29N5O2. The Morgan fingerprint density at radius 1 is 1.40 bits per heavy atom. The summed E-state index contributed by atoms with van der Waals surface area (Å²) in [5.41, 5.74) is 1.06. The molecule has 1 aromatic heterocycles. The number of hydrogen-bond acceptors (Lipinski definition) is 5. The lowest BCUT2D eigenvalue weighted by Crippen LogP contribution is -2.45. The maximum absolute atomic E-state index is 12.1. The molecule has 0 unspecified atom stereocenters. The molecule has 2 fully saturated rings. The summed E-state index contributed by atoms with van der Waals surface area (Å²) in [5.74, 6) is 0.987. The van der Waals surface area contributed by atoms with E-state index in [9.17, 15) is 4.79 Å². The van der Waals surface area contributed by atoms with Gasteiger partial charge < -0.3 is 25.2 Å². The molecule has 0 aliphatic carbocycles. The highest BCUT2D eigenvalue weighted by Crippen LogP contribution is 2.16. The number of likely N-dealkylation sites (N-methyl/N-ethyl adjacent to an activating group) is 1. The van der Waals surface area contributed by atoms with E-state index in [-0.39, 0.29) is 18.2 Å². The minimum absolute atomic E-state index is 0.0286. The van der Waals surface area contributed by atoms with Gasteiger partial charge in [0.1, 0.15) is 5.82 Å². The lowest BCUT2D eigenvalue weighted by atomic mass is 10.1. The molecule has 2 saturated heterocycles. The highest BCUT2D eigenvalue weighted by atomic mass is 16.5. The second-order valence-corrected chi connectivity index (χ2v) is 6.98. The van der Waals surface area contributed by atoms with Gasteiger partial charge in [-0.3, -0.25) is 0 Å². The number of nitrogens with zero attached hydrogens (tertiary/aromatic N) is 3. The first-order valence-corrected chi connectivity index (χ1v) is 9.16. The van der Waals surface area contributed by atoms with E-state index in [1.165, 1.54) is 0 Å². The molecule has 1 aromatic rings. The number of carbonyl (C=O) groups excluding carboxylic acids is 1. The van der Waals surface area contributed by atoms with E-state index in [1.54, 1.807) is 0 Å². The largest absolute Gasteiger partial charge is 0.376 e. The Morgan fingerprint density at radius 3 is 2.92 bits per heavy atom. The molecule has 0 radical (unpaired) electrons. The van der Waals surface area contributed by atoms with Crippen LogP contribution >= 0.6 is 0 Å². The summed E-state index contributed by atoms with van der Waals surface area (Å²) in [6, 6.07) is 3.89. The zero-order chi connectivity index (χ0) is 17.6. The van der Waals surface area contributed by atoms with Crippen LogP contribution < -0.4 is 15.5 Å². The Balaban J connectivity index is 1.47. The van der Waals surface area contributed by atoms with E-state index >= 15 is 0 Å². The molecule has 25 heavy (non-hydrogen) atoms. The van der Waals surface area contributed by atoms with Gasteiger partial charge in [-0.25, -0.2) is 9.78 Å². The fourth-order valence-corrected chi connectivity index (χ4v) is 3.31. The smallest absolute Gasteiger partial charge is 0.315 e. The number of amides is 2.